The minimum Gasteiger partial charge on any atom is -0.493 e. The Morgan fingerprint density at radius 1 is 1.06 bits per heavy atom. The normalized spacial score (nSPS) is 11.3. The summed E-state index contributed by atoms with van der Waals surface area (Å²) in [5.41, 5.74) is 4.61. The summed E-state index contributed by atoms with van der Waals surface area (Å²) in [5.74, 6) is 1.93. The number of carbonyl (C=O) groups is 1. The highest BCUT2D eigenvalue weighted by Crippen LogP contribution is 2.27. The van der Waals surface area contributed by atoms with Crippen LogP contribution in [-0.4, -0.2) is 30.8 Å². The highest BCUT2D eigenvalue weighted by molar-refractivity contribution is 5.91. The van der Waals surface area contributed by atoms with Crippen molar-refractivity contribution in [2.45, 2.75) is 40.5 Å². The second kappa shape index (κ2) is 12.6. The van der Waals surface area contributed by atoms with Gasteiger partial charge in [0.2, 0.25) is 11.6 Å². The molecule has 0 aliphatic rings. The number of aryl methyl sites for hydroxylation is 3. The van der Waals surface area contributed by atoms with E-state index in [-0.39, 0.29) is 12.4 Å². The third kappa shape index (κ3) is 7.09. The molecular weight excluding hydrogens is 442 g/mol. The summed E-state index contributed by atoms with van der Waals surface area (Å²) in [5, 5.41) is 0. The van der Waals surface area contributed by atoms with Gasteiger partial charge in [0, 0.05) is 12.0 Å². The molecule has 6 heteroatoms. The first kappa shape index (κ1) is 25.8. The molecule has 0 N–H and O–H groups in total. The predicted octanol–water partition coefficient (Wildman–Crippen LogP) is 6.39. The van der Waals surface area contributed by atoms with E-state index in [0.29, 0.717) is 31.9 Å². The van der Waals surface area contributed by atoms with Crippen LogP contribution in [-0.2, 0) is 20.7 Å². The Morgan fingerprint density at radius 2 is 1.77 bits per heavy atom. The van der Waals surface area contributed by atoms with E-state index in [4.69, 9.17) is 18.6 Å². The lowest BCUT2D eigenvalue weighted by molar-refractivity contribution is -0.142. The zero-order chi connectivity index (χ0) is 25.2. The molecule has 0 spiro atoms. The summed E-state index contributed by atoms with van der Waals surface area (Å²) in [7, 11) is 0. The van der Waals surface area contributed by atoms with Crippen LogP contribution >= 0.6 is 0 Å². The van der Waals surface area contributed by atoms with Gasteiger partial charge in [-0.2, -0.15) is 0 Å². The number of nitrogens with zero attached hydrogens (tertiary/aromatic N) is 1. The number of ether oxygens (including phenoxy) is 3. The van der Waals surface area contributed by atoms with E-state index >= 15 is 0 Å². The number of hydrogen-bond donors (Lipinski definition) is 0. The van der Waals surface area contributed by atoms with Gasteiger partial charge in [0.15, 0.2) is 0 Å². The molecule has 3 aromatic rings. The van der Waals surface area contributed by atoms with Crippen LogP contribution in [0.5, 0.6) is 5.75 Å². The molecule has 0 atom stereocenters. The van der Waals surface area contributed by atoms with Crippen molar-refractivity contribution in [2.24, 2.45) is 0 Å². The van der Waals surface area contributed by atoms with Crippen molar-refractivity contribution >= 4 is 12.0 Å². The fourth-order valence-corrected chi connectivity index (χ4v) is 3.67. The largest absolute Gasteiger partial charge is 0.493 e. The Hall–Kier alpha value is -3.80. The summed E-state index contributed by atoms with van der Waals surface area (Å²) in [6.07, 6.45) is 4.72. The molecule has 6 nitrogen and oxygen atoms in total. The molecule has 0 saturated heterocycles. The van der Waals surface area contributed by atoms with Crippen molar-refractivity contribution in [3.63, 3.8) is 0 Å². The molecule has 1 heterocycles. The number of carbonyl (C=O) groups excluding carboxylic acids is 1. The van der Waals surface area contributed by atoms with Crippen LogP contribution in [0, 0.1) is 20.8 Å². The third-order valence-corrected chi connectivity index (χ3v) is 5.34. The Bertz CT molecular complexity index is 1150. The van der Waals surface area contributed by atoms with Crippen molar-refractivity contribution in [1.29, 1.82) is 0 Å². The molecule has 0 amide bonds. The highest BCUT2D eigenvalue weighted by Gasteiger charge is 2.15. The van der Waals surface area contributed by atoms with E-state index < -0.39 is 5.97 Å². The van der Waals surface area contributed by atoms with Crippen molar-refractivity contribution < 1.29 is 23.4 Å². The molecule has 0 aliphatic heterocycles. The Morgan fingerprint density at radius 3 is 2.43 bits per heavy atom. The molecule has 0 unspecified atom stereocenters. The van der Waals surface area contributed by atoms with Gasteiger partial charge in [-0.3, -0.25) is 0 Å². The van der Waals surface area contributed by atoms with E-state index in [9.17, 15) is 4.79 Å². The number of rotatable bonds is 12. The van der Waals surface area contributed by atoms with Crippen molar-refractivity contribution in [1.82, 2.24) is 4.98 Å². The van der Waals surface area contributed by atoms with E-state index in [2.05, 4.69) is 11.6 Å². The fourth-order valence-electron chi connectivity index (χ4n) is 3.67. The maximum absolute atomic E-state index is 12.3. The summed E-state index contributed by atoms with van der Waals surface area (Å²) < 4.78 is 22.7. The van der Waals surface area contributed by atoms with E-state index in [1.165, 1.54) is 0 Å². The zero-order valence-electron chi connectivity index (χ0n) is 20.9. The van der Waals surface area contributed by atoms with E-state index in [1.807, 2.05) is 63.2 Å². The van der Waals surface area contributed by atoms with Gasteiger partial charge in [-0.1, -0.05) is 24.3 Å². The van der Waals surface area contributed by atoms with Gasteiger partial charge in [-0.05, 0) is 81.1 Å². The van der Waals surface area contributed by atoms with Crippen LogP contribution in [0.15, 0.2) is 65.3 Å². The lowest BCUT2D eigenvalue weighted by Gasteiger charge is -2.14. The summed E-state index contributed by atoms with van der Waals surface area (Å²) >= 11 is 0. The first-order valence-corrected chi connectivity index (χ1v) is 11.8. The van der Waals surface area contributed by atoms with Gasteiger partial charge in [-0.25, -0.2) is 9.78 Å². The van der Waals surface area contributed by atoms with E-state index in [0.717, 1.165) is 39.5 Å². The molecule has 1 aromatic heterocycles. The van der Waals surface area contributed by atoms with Gasteiger partial charge < -0.3 is 18.6 Å². The van der Waals surface area contributed by atoms with Crippen LogP contribution in [0.2, 0.25) is 0 Å². The van der Waals surface area contributed by atoms with Gasteiger partial charge >= 0.3 is 5.97 Å². The van der Waals surface area contributed by atoms with Gasteiger partial charge in [-0.15, -0.1) is 6.58 Å². The van der Waals surface area contributed by atoms with Gasteiger partial charge in [0.05, 0.1) is 25.5 Å². The Labute approximate surface area is 207 Å². The van der Waals surface area contributed by atoms with Crippen molar-refractivity contribution in [3.05, 3.63) is 89.0 Å². The predicted molar refractivity (Wildman–Crippen MR) is 137 cm³/mol. The maximum Gasteiger partial charge on any atom is 0.373 e. The molecule has 0 bridgehead atoms. The first-order valence-electron chi connectivity index (χ1n) is 11.8. The Kier molecular flexibility index (Phi) is 9.30. The quantitative estimate of drug-likeness (QED) is 0.0994. The van der Waals surface area contributed by atoms with Crippen LogP contribution in [0.1, 0.15) is 41.5 Å². The van der Waals surface area contributed by atoms with Crippen molar-refractivity contribution in [2.75, 3.05) is 19.8 Å². The molecule has 0 saturated carbocycles. The second-order valence-corrected chi connectivity index (χ2v) is 8.13. The van der Waals surface area contributed by atoms with Crippen LogP contribution < -0.4 is 4.74 Å². The average molecular weight is 476 g/mol. The molecular formula is C29H33NO5. The molecule has 3 rings (SSSR count). The van der Waals surface area contributed by atoms with E-state index in [1.54, 1.807) is 19.1 Å². The molecule has 0 radical (unpaired) electrons. The highest BCUT2D eigenvalue weighted by atomic mass is 16.6. The molecule has 184 valence electrons. The first-order chi connectivity index (χ1) is 16.9. The van der Waals surface area contributed by atoms with Gasteiger partial charge in [0.1, 0.15) is 11.5 Å². The molecule has 35 heavy (non-hydrogen) atoms. The number of oxazole rings is 1. The minimum atomic E-state index is -0.481. The number of benzene rings is 2. The number of aromatic nitrogens is 1. The lowest BCUT2D eigenvalue weighted by Crippen LogP contribution is -2.11. The minimum absolute atomic E-state index is 0.178. The lowest BCUT2D eigenvalue weighted by atomic mass is 10.0. The third-order valence-electron chi connectivity index (χ3n) is 5.34. The fraction of sp³-hybridized carbons (Fsp3) is 0.310. The standard InChI is InChI=1S/C29H33NO5/c1-6-8-15-33-26(29(31)32-7-2)19-23-17-20(3)27(21(4)18-23)34-16-14-25-22(5)35-28(30-25)24-12-10-9-11-13-24/h6,9-13,17-19H,1,7-8,14-16H2,2-5H3/b26-19-. The average Bonchev–Trinajstić information content (AvgIpc) is 3.21. The number of hydrogen-bond acceptors (Lipinski definition) is 6. The topological polar surface area (TPSA) is 70.8 Å². The zero-order valence-corrected chi connectivity index (χ0v) is 20.9. The van der Waals surface area contributed by atoms with Gasteiger partial charge in [0.25, 0.3) is 0 Å². The van der Waals surface area contributed by atoms with Crippen LogP contribution in [0.4, 0.5) is 0 Å². The summed E-state index contributed by atoms with van der Waals surface area (Å²) in [6, 6.07) is 13.8. The molecule has 2 aromatic carbocycles. The smallest absolute Gasteiger partial charge is 0.373 e. The SMILES string of the molecule is C=CCCO/C(=C\c1cc(C)c(OCCc2nc(-c3ccccc3)oc2C)c(C)c1)C(=O)OCC. The Balaban J connectivity index is 1.69. The van der Waals surface area contributed by atoms with Crippen LogP contribution in [0.3, 0.4) is 0 Å². The summed E-state index contributed by atoms with van der Waals surface area (Å²) in [4.78, 5) is 16.9. The molecule has 0 fully saturated rings. The monoisotopic (exact) mass is 475 g/mol. The molecule has 0 aliphatic carbocycles. The number of esters is 1. The van der Waals surface area contributed by atoms with Crippen molar-refractivity contribution in [3.8, 4) is 17.2 Å². The second-order valence-electron chi connectivity index (χ2n) is 8.13. The van der Waals surface area contributed by atoms with Crippen LogP contribution in [0.25, 0.3) is 17.5 Å². The maximum atomic E-state index is 12.3. The summed E-state index contributed by atoms with van der Waals surface area (Å²) in [6.45, 7) is 12.4.